The van der Waals surface area contributed by atoms with Gasteiger partial charge >= 0.3 is 6.03 Å². The van der Waals surface area contributed by atoms with Crippen LogP contribution in [-0.2, 0) is 7.05 Å². The number of hydrogen-bond donors (Lipinski definition) is 2. The number of benzene rings is 2. The summed E-state index contributed by atoms with van der Waals surface area (Å²) in [5, 5.41) is 5.60. The summed E-state index contributed by atoms with van der Waals surface area (Å²) in [6, 6.07) is 12.1. The van der Waals surface area contributed by atoms with E-state index in [1.807, 2.05) is 13.1 Å². The lowest BCUT2D eigenvalue weighted by Crippen LogP contribution is -2.34. The third-order valence-corrected chi connectivity index (χ3v) is 3.93. The van der Waals surface area contributed by atoms with E-state index in [0.717, 1.165) is 0 Å². The number of ether oxygens (including phenoxy) is 1. The van der Waals surface area contributed by atoms with Crippen LogP contribution in [0.5, 0.6) is 5.75 Å². The zero-order chi connectivity index (χ0) is 18.5. The van der Waals surface area contributed by atoms with Gasteiger partial charge in [-0.15, -0.1) is 0 Å². The first kappa shape index (κ1) is 17.5. The van der Waals surface area contributed by atoms with Crippen molar-refractivity contribution in [2.45, 2.75) is 6.04 Å². The molecule has 7 heteroatoms. The van der Waals surface area contributed by atoms with E-state index in [1.54, 1.807) is 47.3 Å². The minimum absolute atomic E-state index is 0.381. The Balaban J connectivity index is 1.86. The zero-order valence-electron chi connectivity index (χ0n) is 14.4. The summed E-state index contributed by atoms with van der Waals surface area (Å²) in [4.78, 5) is 16.8. The lowest BCUT2D eigenvalue weighted by molar-refractivity contribution is 0.249. The molecule has 3 rings (SSSR count). The molecule has 0 radical (unpaired) electrons. The van der Waals surface area contributed by atoms with Crippen LogP contribution in [0, 0.1) is 5.82 Å². The summed E-state index contributed by atoms with van der Waals surface area (Å²) in [5.74, 6) is 0.751. The third kappa shape index (κ3) is 3.83. The second-order valence-electron chi connectivity index (χ2n) is 5.68. The minimum atomic E-state index is -0.611. The van der Waals surface area contributed by atoms with Gasteiger partial charge in [0.25, 0.3) is 0 Å². The third-order valence-electron chi connectivity index (χ3n) is 3.93. The van der Waals surface area contributed by atoms with E-state index < -0.39 is 12.1 Å². The maximum Gasteiger partial charge on any atom is 0.320 e. The van der Waals surface area contributed by atoms with Crippen molar-refractivity contribution >= 4 is 11.7 Å². The molecule has 0 aliphatic heterocycles. The van der Waals surface area contributed by atoms with E-state index in [9.17, 15) is 9.18 Å². The molecule has 0 aliphatic carbocycles. The molecule has 2 amide bonds. The Kier molecular flexibility index (Phi) is 5.17. The van der Waals surface area contributed by atoms with Crippen LogP contribution in [0.1, 0.15) is 17.4 Å². The Morgan fingerprint density at radius 1 is 1.23 bits per heavy atom. The average Bonchev–Trinajstić information content (AvgIpc) is 3.06. The molecule has 1 unspecified atom stereocenters. The molecule has 0 bridgehead atoms. The molecular weight excluding hydrogens is 335 g/mol. The van der Waals surface area contributed by atoms with Crippen molar-refractivity contribution < 1.29 is 13.9 Å². The highest BCUT2D eigenvalue weighted by Crippen LogP contribution is 2.24. The van der Waals surface area contributed by atoms with Crippen molar-refractivity contribution in [2.75, 3.05) is 12.4 Å². The number of aryl methyl sites for hydroxylation is 1. The Morgan fingerprint density at radius 2 is 2.04 bits per heavy atom. The number of urea groups is 1. The van der Waals surface area contributed by atoms with E-state index >= 15 is 0 Å². The van der Waals surface area contributed by atoms with Gasteiger partial charge in [-0.05, 0) is 29.8 Å². The van der Waals surface area contributed by atoms with E-state index in [2.05, 4.69) is 15.6 Å². The molecule has 0 aliphatic rings. The van der Waals surface area contributed by atoms with Gasteiger partial charge in [-0.1, -0.05) is 24.3 Å². The molecule has 134 valence electrons. The quantitative estimate of drug-likeness (QED) is 0.737. The number of hydrogen-bond acceptors (Lipinski definition) is 3. The van der Waals surface area contributed by atoms with E-state index in [0.29, 0.717) is 22.8 Å². The van der Waals surface area contributed by atoms with Crippen molar-refractivity contribution in [3.63, 3.8) is 0 Å². The molecule has 26 heavy (non-hydrogen) atoms. The molecule has 6 nitrogen and oxygen atoms in total. The topological polar surface area (TPSA) is 68.2 Å². The molecule has 2 N–H and O–H groups in total. The number of rotatable bonds is 5. The molecule has 1 aromatic heterocycles. The lowest BCUT2D eigenvalue weighted by Gasteiger charge is -2.20. The zero-order valence-corrected chi connectivity index (χ0v) is 14.4. The highest BCUT2D eigenvalue weighted by atomic mass is 19.1. The highest BCUT2D eigenvalue weighted by Gasteiger charge is 2.21. The number of nitrogens with one attached hydrogen (secondary N) is 2. The Labute approximate surface area is 150 Å². The molecule has 3 aromatic rings. The first-order valence-corrected chi connectivity index (χ1v) is 8.01. The summed E-state index contributed by atoms with van der Waals surface area (Å²) >= 11 is 0. The maximum atomic E-state index is 13.7. The van der Waals surface area contributed by atoms with Crippen molar-refractivity contribution in [2.24, 2.45) is 7.05 Å². The van der Waals surface area contributed by atoms with Gasteiger partial charge in [-0.3, -0.25) is 0 Å². The summed E-state index contributed by atoms with van der Waals surface area (Å²) in [6.07, 6.45) is 3.39. The number of anilines is 1. The van der Waals surface area contributed by atoms with Gasteiger partial charge in [0, 0.05) is 19.4 Å². The van der Waals surface area contributed by atoms with Crippen molar-refractivity contribution in [3.05, 3.63) is 78.1 Å². The van der Waals surface area contributed by atoms with E-state index in [4.69, 9.17) is 4.74 Å². The predicted molar refractivity (Wildman–Crippen MR) is 96.6 cm³/mol. The fraction of sp³-hybridized carbons (Fsp3) is 0.158. The molecule has 0 saturated heterocycles. The number of halogens is 1. The van der Waals surface area contributed by atoms with Gasteiger partial charge in [0.2, 0.25) is 0 Å². The second kappa shape index (κ2) is 7.69. The van der Waals surface area contributed by atoms with Crippen molar-refractivity contribution in [1.82, 2.24) is 14.9 Å². The van der Waals surface area contributed by atoms with Crippen LogP contribution < -0.4 is 15.4 Å². The molecule has 2 aromatic carbocycles. The van der Waals surface area contributed by atoms with Crippen LogP contribution in [-0.4, -0.2) is 22.7 Å². The number of para-hydroxylation sites is 2. The van der Waals surface area contributed by atoms with Gasteiger partial charge in [0.15, 0.2) is 0 Å². The van der Waals surface area contributed by atoms with E-state index in [1.165, 1.54) is 19.2 Å². The SMILES string of the molecule is COc1ccccc1NC(=O)NC(c1cccc(F)c1)c1nccn1C. The fourth-order valence-electron chi connectivity index (χ4n) is 2.68. The lowest BCUT2D eigenvalue weighted by atomic mass is 10.1. The first-order chi connectivity index (χ1) is 12.6. The minimum Gasteiger partial charge on any atom is -0.495 e. The average molecular weight is 354 g/mol. The van der Waals surface area contributed by atoms with Crippen LogP contribution in [0.3, 0.4) is 0 Å². The van der Waals surface area contributed by atoms with Gasteiger partial charge in [-0.25, -0.2) is 14.2 Å². The second-order valence-corrected chi connectivity index (χ2v) is 5.68. The van der Waals surface area contributed by atoms with Crippen molar-refractivity contribution in [1.29, 1.82) is 0 Å². The van der Waals surface area contributed by atoms with Crippen molar-refractivity contribution in [3.8, 4) is 5.75 Å². The highest BCUT2D eigenvalue weighted by molar-refractivity contribution is 5.91. The van der Waals surface area contributed by atoms with E-state index in [-0.39, 0.29) is 5.82 Å². The van der Waals surface area contributed by atoms with Gasteiger partial charge in [-0.2, -0.15) is 0 Å². The largest absolute Gasteiger partial charge is 0.495 e. The summed E-state index contributed by atoms with van der Waals surface area (Å²) in [7, 11) is 3.34. The number of amides is 2. The van der Waals surface area contributed by atoms with Crippen LogP contribution in [0.2, 0.25) is 0 Å². The predicted octanol–water partition coefficient (Wildman–Crippen LogP) is 3.48. The van der Waals surface area contributed by atoms with Crippen LogP contribution >= 0.6 is 0 Å². The normalized spacial score (nSPS) is 11.7. The summed E-state index contributed by atoms with van der Waals surface area (Å²) < 4.78 is 20.7. The monoisotopic (exact) mass is 354 g/mol. The number of carbonyl (C=O) groups is 1. The summed E-state index contributed by atoms with van der Waals surface area (Å²) in [5.41, 5.74) is 1.12. The first-order valence-electron chi connectivity index (χ1n) is 8.01. The standard InChI is InChI=1S/C19H19FN4O2/c1-24-11-10-21-18(24)17(13-6-5-7-14(20)12-13)23-19(25)22-15-8-3-4-9-16(15)26-2/h3-12,17H,1-2H3,(H2,22,23,25). The number of imidazole rings is 1. The molecular formula is C19H19FN4O2. The Hall–Kier alpha value is -3.35. The van der Waals surface area contributed by atoms with Crippen LogP contribution in [0.4, 0.5) is 14.9 Å². The van der Waals surface area contributed by atoms with Gasteiger partial charge in [0.05, 0.1) is 12.8 Å². The fourth-order valence-corrected chi connectivity index (χ4v) is 2.68. The number of methoxy groups -OCH3 is 1. The van der Waals surface area contributed by atoms with Gasteiger partial charge in [0.1, 0.15) is 23.4 Å². The smallest absolute Gasteiger partial charge is 0.320 e. The van der Waals surface area contributed by atoms with Crippen LogP contribution in [0.15, 0.2) is 60.9 Å². The van der Waals surface area contributed by atoms with Gasteiger partial charge < -0.3 is 19.9 Å². The molecule has 0 saturated carbocycles. The molecule has 1 heterocycles. The van der Waals surface area contributed by atoms with Crippen LogP contribution in [0.25, 0.3) is 0 Å². The Morgan fingerprint density at radius 3 is 2.73 bits per heavy atom. The molecule has 0 spiro atoms. The summed E-state index contributed by atoms with van der Waals surface area (Å²) in [6.45, 7) is 0. The molecule has 1 atom stereocenters. The number of carbonyl (C=O) groups excluding carboxylic acids is 1. The number of nitrogens with zero attached hydrogens (tertiary/aromatic N) is 2. The number of aromatic nitrogens is 2. The maximum absolute atomic E-state index is 13.7. The molecule has 0 fully saturated rings. The Bertz CT molecular complexity index is 910.